The standard InChI is InChI=1S/C19H30N8O8/c1-8(28)15(19(34)35)27-18(33)12(5-14(22)30)26-17(32)11(2-3-13(21)29)25-16(31)10(20)4-9-6-23-7-24-9/h6-8,10-12,15,28H,2-5,20H2,1H3,(H2,21,29)(H2,22,30)(H,23,24)(H,25,31)(H,26,32)(H,27,33)(H,34,35). The van der Waals surface area contributed by atoms with E-state index in [0.29, 0.717) is 5.69 Å². The van der Waals surface area contributed by atoms with E-state index in [1.165, 1.54) is 12.5 Å². The van der Waals surface area contributed by atoms with Crippen LogP contribution in [0.15, 0.2) is 12.5 Å². The fourth-order valence-corrected chi connectivity index (χ4v) is 2.89. The van der Waals surface area contributed by atoms with Gasteiger partial charge in [-0.05, 0) is 13.3 Å². The Morgan fingerprint density at radius 3 is 2.09 bits per heavy atom. The number of aromatic nitrogens is 2. The molecule has 0 bridgehead atoms. The topological polar surface area (TPSA) is 286 Å². The first kappa shape index (κ1) is 29.0. The molecule has 0 aliphatic rings. The van der Waals surface area contributed by atoms with Crippen molar-refractivity contribution in [3.63, 3.8) is 0 Å². The van der Waals surface area contributed by atoms with E-state index in [2.05, 4.69) is 20.6 Å². The van der Waals surface area contributed by atoms with E-state index in [9.17, 15) is 33.9 Å². The molecule has 194 valence electrons. The van der Waals surface area contributed by atoms with E-state index < -0.39 is 72.2 Å². The lowest BCUT2D eigenvalue weighted by atomic mass is 10.1. The highest BCUT2D eigenvalue weighted by Gasteiger charge is 2.32. The summed E-state index contributed by atoms with van der Waals surface area (Å²) in [5.41, 5.74) is 16.7. The zero-order valence-corrected chi connectivity index (χ0v) is 18.9. The van der Waals surface area contributed by atoms with Gasteiger partial charge in [-0.1, -0.05) is 0 Å². The van der Waals surface area contributed by atoms with Gasteiger partial charge in [0.15, 0.2) is 6.04 Å². The van der Waals surface area contributed by atoms with Gasteiger partial charge in [-0.25, -0.2) is 9.78 Å². The number of carbonyl (C=O) groups is 6. The molecule has 5 amide bonds. The molecule has 0 aliphatic carbocycles. The minimum absolute atomic E-state index is 0.0542. The highest BCUT2D eigenvalue weighted by molar-refractivity contribution is 5.96. The molecule has 0 aliphatic heterocycles. The van der Waals surface area contributed by atoms with Crippen LogP contribution in [0.1, 0.15) is 31.9 Å². The quantitative estimate of drug-likeness (QED) is 0.111. The predicted octanol–water partition coefficient (Wildman–Crippen LogP) is -4.66. The van der Waals surface area contributed by atoms with Crippen LogP contribution in [0.5, 0.6) is 0 Å². The van der Waals surface area contributed by atoms with Gasteiger partial charge in [-0.3, -0.25) is 24.0 Å². The molecule has 16 nitrogen and oxygen atoms in total. The van der Waals surface area contributed by atoms with Crippen LogP contribution in [0.4, 0.5) is 0 Å². The Morgan fingerprint density at radius 1 is 1.00 bits per heavy atom. The van der Waals surface area contributed by atoms with Crippen molar-refractivity contribution in [2.45, 2.75) is 62.9 Å². The maximum absolute atomic E-state index is 12.8. The van der Waals surface area contributed by atoms with Crippen LogP contribution in [-0.4, -0.2) is 86.0 Å². The highest BCUT2D eigenvalue weighted by Crippen LogP contribution is 2.04. The number of hydrogen-bond donors (Lipinski definition) is 9. The largest absolute Gasteiger partial charge is 0.480 e. The lowest BCUT2D eigenvalue weighted by molar-refractivity contribution is -0.145. The molecule has 0 saturated heterocycles. The summed E-state index contributed by atoms with van der Waals surface area (Å²) in [5, 5.41) is 25.2. The summed E-state index contributed by atoms with van der Waals surface area (Å²) in [4.78, 5) is 78.3. The van der Waals surface area contributed by atoms with Crippen LogP contribution in [0.3, 0.4) is 0 Å². The smallest absolute Gasteiger partial charge is 0.328 e. The molecule has 12 N–H and O–H groups in total. The van der Waals surface area contributed by atoms with Gasteiger partial charge in [-0.2, -0.15) is 0 Å². The van der Waals surface area contributed by atoms with Crippen LogP contribution < -0.4 is 33.2 Å². The first-order valence-electron chi connectivity index (χ1n) is 10.4. The molecule has 1 heterocycles. The van der Waals surface area contributed by atoms with E-state index in [0.717, 1.165) is 6.92 Å². The van der Waals surface area contributed by atoms with Crippen molar-refractivity contribution in [1.29, 1.82) is 0 Å². The summed E-state index contributed by atoms with van der Waals surface area (Å²) in [5.74, 6) is -6.21. The Hall–Kier alpha value is -4.05. The van der Waals surface area contributed by atoms with E-state index in [4.69, 9.17) is 22.3 Å². The van der Waals surface area contributed by atoms with Gasteiger partial charge in [0.25, 0.3) is 0 Å². The number of rotatable bonds is 15. The number of aliphatic carboxylic acids is 1. The van der Waals surface area contributed by atoms with Gasteiger partial charge >= 0.3 is 5.97 Å². The molecular formula is C19H30N8O8. The molecule has 5 unspecified atom stereocenters. The van der Waals surface area contributed by atoms with E-state index in [-0.39, 0.29) is 19.3 Å². The van der Waals surface area contributed by atoms with Gasteiger partial charge in [0, 0.05) is 24.7 Å². The van der Waals surface area contributed by atoms with Crippen molar-refractivity contribution < 1.29 is 39.0 Å². The minimum atomic E-state index is -1.74. The third-order valence-electron chi connectivity index (χ3n) is 4.73. The molecule has 35 heavy (non-hydrogen) atoms. The van der Waals surface area contributed by atoms with E-state index >= 15 is 0 Å². The lowest BCUT2D eigenvalue weighted by Gasteiger charge is -2.25. The molecule has 1 aromatic rings. The number of aromatic amines is 1. The Morgan fingerprint density at radius 2 is 1.60 bits per heavy atom. The fourth-order valence-electron chi connectivity index (χ4n) is 2.89. The van der Waals surface area contributed by atoms with Crippen molar-refractivity contribution in [2.24, 2.45) is 17.2 Å². The average Bonchev–Trinajstić information content (AvgIpc) is 3.25. The molecular weight excluding hydrogens is 468 g/mol. The normalized spacial score (nSPS) is 15.1. The number of nitrogens with one attached hydrogen (secondary N) is 4. The monoisotopic (exact) mass is 498 g/mol. The first-order valence-corrected chi connectivity index (χ1v) is 10.4. The summed E-state index contributed by atoms with van der Waals surface area (Å²) in [6, 6.07) is -5.88. The summed E-state index contributed by atoms with van der Waals surface area (Å²) in [7, 11) is 0. The predicted molar refractivity (Wildman–Crippen MR) is 118 cm³/mol. The van der Waals surface area contributed by atoms with Crippen LogP contribution in [-0.2, 0) is 35.2 Å². The molecule has 0 saturated carbocycles. The maximum Gasteiger partial charge on any atom is 0.328 e. The van der Waals surface area contributed by atoms with Crippen molar-refractivity contribution in [1.82, 2.24) is 25.9 Å². The second kappa shape index (κ2) is 13.6. The number of aliphatic hydroxyl groups is 1. The Labute approximate surface area is 199 Å². The summed E-state index contributed by atoms with van der Waals surface area (Å²) in [6.07, 6.45) is 0.0942. The van der Waals surface area contributed by atoms with E-state index in [1.807, 2.05) is 5.32 Å². The number of carbonyl (C=O) groups excluding carboxylic acids is 5. The Balaban J connectivity index is 2.99. The SMILES string of the molecule is CC(O)C(NC(=O)C(CC(N)=O)NC(=O)C(CCC(N)=O)NC(=O)C(N)Cc1cnc[nH]1)C(=O)O. The lowest BCUT2D eigenvalue weighted by Crippen LogP contribution is -2.59. The van der Waals surface area contributed by atoms with E-state index in [1.54, 1.807) is 0 Å². The van der Waals surface area contributed by atoms with Crippen molar-refractivity contribution >= 4 is 35.5 Å². The minimum Gasteiger partial charge on any atom is -0.480 e. The van der Waals surface area contributed by atoms with Crippen molar-refractivity contribution in [3.8, 4) is 0 Å². The number of hydrogen-bond acceptors (Lipinski definition) is 9. The number of carboxylic acids is 1. The number of aliphatic hydroxyl groups excluding tert-OH is 1. The number of primary amides is 2. The van der Waals surface area contributed by atoms with Crippen LogP contribution in [0.2, 0.25) is 0 Å². The second-order valence-corrected chi connectivity index (χ2v) is 7.75. The van der Waals surface area contributed by atoms with Crippen LogP contribution in [0, 0.1) is 0 Å². The molecule has 0 spiro atoms. The zero-order valence-electron chi connectivity index (χ0n) is 18.9. The van der Waals surface area contributed by atoms with Gasteiger partial charge in [0.2, 0.25) is 29.5 Å². The van der Waals surface area contributed by atoms with Crippen LogP contribution in [0.25, 0.3) is 0 Å². The van der Waals surface area contributed by atoms with Gasteiger partial charge in [-0.15, -0.1) is 0 Å². The van der Waals surface area contributed by atoms with Crippen LogP contribution >= 0.6 is 0 Å². The van der Waals surface area contributed by atoms with Gasteiger partial charge < -0.3 is 48.3 Å². The summed E-state index contributed by atoms with van der Waals surface area (Å²) in [6.45, 7) is 1.11. The Kier molecular flexibility index (Phi) is 11.3. The molecule has 0 fully saturated rings. The van der Waals surface area contributed by atoms with Gasteiger partial charge in [0.05, 0.1) is 24.9 Å². The summed E-state index contributed by atoms with van der Waals surface area (Å²) >= 11 is 0. The molecule has 0 radical (unpaired) electrons. The Bertz CT molecular complexity index is 920. The zero-order chi connectivity index (χ0) is 26.7. The average molecular weight is 498 g/mol. The number of carboxylic acid groups (broad SMARTS) is 1. The van der Waals surface area contributed by atoms with Gasteiger partial charge in [0.1, 0.15) is 12.1 Å². The molecule has 5 atom stereocenters. The summed E-state index contributed by atoms with van der Waals surface area (Å²) < 4.78 is 0. The third kappa shape index (κ3) is 10.2. The molecule has 0 aromatic carbocycles. The first-order chi connectivity index (χ1) is 16.3. The number of amides is 5. The number of nitrogens with two attached hydrogens (primary N) is 3. The highest BCUT2D eigenvalue weighted by atomic mass is 16.4. The number of nitrogens with zero attached hydrogens (tertiary/aromatic N) is 1. The molecule has 16 heteroatoms. The third-order valence-corrected chi connectivity index (χ3v) is 4.73. The molecule has 1 aromatic heterocycles. The molecule has 1 rings (SSSR count). The maximum atomic E-state index is 12.8. The van der Waals surface area contributed by atoms with Crippen molar-refractivity contribution in [2.75, 3.05) is 0 Å². The second-order valence-electron chi connectivity index (χ2n) is 7.75. The fraction of sp³-hybridized carbons (Fsp3) is 0.526. The number of imidazole rings is 1. The van der Waals surface area contributed by atoms with Crippen molar-refractivity contribution in [3.05, 3.63) is 18.2 Å². The number of H-pyrrole nitrogens is 1.